The second-order valence-electron chi connectivity index (χ2n) is 5.36. The van der Waals surface area contributed by atoms with E-state index in [4.69, 9.17) is 14.2 Å². The van der Waals surface area contributed by atoms with Crippen molar-refractivity contribution < 1.29 is 27.4 Å². The van der Waals surface area contributed by atoms with Crippen LogP contribution in [0, 0.1) is 0 Å². The van der Waals surface area contributed by atoms with E-state index in [9.17, 15) is 13.2 Å². The molecule has 1 atom stereocenters. The summed E-state index contributed by atoms with van der Waals surface area (Å²) < 4.78 is 40.0. The van der Waals surface area contributed by atoms with Crippen molar-refractivity contribution in [3.63, 3.8) is 0 Å². The van der Waals surface area contributed by atoms with Gasteiger partial charge in [-0.15, -0.1) is 0 Å². The Morgan fingerprint density at radius 1 is 1.40 bits per heavy atom. The number of methoxy groups -OCH3 is 2. The van der Waals surface area contributed by atoms with Gasteiger partial charge in [-0.25, -0.2) is 13.2 Å². The number of morpholine rings is 1. The van der Waals surface area contributed by atoms with Crippen molar-refractivity contribution in [2.75, 3.05) is 52.0 Å². The summed E-state index contributed by atoms with van der Waals surface area (Å²) in [6, 6.07) is 2.71. The van der Waals surface area contributed by atoms with Gasteiger partial charge in [-0.05, 0) is 6.07 Å². The molecule has 0 aliphatic carbocycles. The van der Waals surface area contributed by atoms with Crippen LogP contribution in [0.1, 0.15) is 0 Å². The van der Waals surface area contributed by atoms with Crippen LogP contribution in [0.15, 0.2) is 12.1 Å². The summed E-state index contributed by atoms with van der Waals surface area (Å²) in [6.07, 6.45) is 0.739. The average Bonchev–Trinajstić information content (AvgIpc) is 2.60. The molecular formula is C14H22N4O6S. The van der Waals surface area contributed by atoms with Crippen LogP contribution in [-0.2, 0) is 14.8 Å². The van der Waals surface area contributed by atoms with Crippen LogP contribution >= 0.6 is 0 Å². The summed E-state index contributed by atoms with van der Waals surface area (Å²) in [4.78, 5) is 16.1. The Labute approximate surface area is 146 Å². The van der Waals surface area contributed by atoms with Crippen LogP contribution < -0.4 is 20.1 Å². The minimum absolute atomic E-state index is 0.170. The number of pyridine rings is 1. The molecule has 2 amide bonds. The highest BCUT2D eigenvalue weighted by Gasteiger charge is 2.26. The molecular weight excluding hydrogens is 352 g/mol. The number of hydrogen-bond donors (Lipinski definition) is 2. The quantitative estimate of drug-likeness (QED) is 0.712. The predicted molar refractivity (Wildman–Crippen MR) is 90.5 cm³/mol. The van der Waals surface area contributed by atoms with Crippen molar-refractivity contribution in [3.8, 4) is 11.8 Å². The van der Waals surface area contributed by atoms with Crippen molar-refractivity contribution in [1.29, 1.82) is 0 Å². The van der Waals surface area contributed by atoms with Crippen LogP contribution in [0.3, 0.4) is 0 Å². The lowest BCUT2D eigenvalue weighted by molar-refractivity contribution is 0.00167. The number of rotatable bonds is 6. The molecule has 0 spiro atoms. The highest BCUT2D eigenvalue weighted by molar-refractivity contribution is 7.88. The minimum Gasteiger partial charge on any atom is -0.481 e. The van der Waals surface area contributed by atoms with Crippen LogP contribution in [-0.4, -0.2) is 76.6 Å². The number of carbonyl (C=O) groups excluding carboxylic acids is 1. The van der Waals surface area contributed by atoms with Gasteiger partial charge < -0.3 is 24.8 Å². The van der Waals surface area contributed by atoms with Gasteiger partial charge in [-0.1, -0.05) is 0 Å². The predicted octanol–water partition coefficient (Wildman–Crippen LogP) is -0.119. The van der Waals surface area contributed by atoms with Gasteiger partial charge in [-0.2, -0.15) is 9.29 Å². The van der Waals surface area contributed by atoms with Gasteiger partial charge in [0.25, 0.3) is 0 Å². The molecule has 0 saturated carbocycles. The van der Waals surface area contributed by atoms with Gasteiger partial charge >= 0.3 is 6.03 Å². The third-order valence-electron chi connectivity index (χ3n) is 3.55. The Kier molecular flexibility index (Phi) is 6.39. The fourth-order valence-corrected chi connectivity index (χ4v) is 3.12. The molecule has 1 aliphatic rings. The highest BCUT2D eigenvalue weighted by atomic mass is 32.2. The van der Waals surface area contributed by atoms with E-state index in [1.165, 1.54) is 18.5 Å². The fraction of sp³-hybridized carbons (Fsp3) is 0.571. The lowest BCUT2D eigenvalue weighted by atomic mass is 10.3. The van der Waals surface area contributed by atoms with Gasteiger partial charge in [0.15, 0.2) is 0 Å². The standard InChI is InChI=1S/C14H22N4O6S/c1-22-12-5-4-11(13(17-12)23-2)16-14(19)15-8-10-9-18(6-7-24-10)25(3,20)21/h4-5,10H,6-9H2,1-3H3,(H2,15,16,19). The van der Waals surface area contributed by atoms with E-state index in [2.05, 4.69) is 15.6 Å². The molecule has 0 aromatic carbocycles. The van der Waals surface area contributed by atoms with E-state index in [1.807, 2.05) is 0 Å². The molecule has 1 aromatic heterocycles. The topological polar surface area (TPSA) is 119 Å². The molecule has 0 radical (unpaired) electrons. The number of nitrogens with one attached hydrogen (secondary N) is 2. The summed E-state index contributed by atoms with van der Waals surface area (Å²) >= 11 is 0. The third-order valence-corrected chi connectivity index (χ3v) is 4.82. The van der Waals surface area contributed by atoms with E-state index in [1.54, 1.807) is 12.1 Å². The first-order chi connectivity index (χ1) is 11.8. The summed E-state index contributed by atoms with van der Waals surface area (Å²) in [5.74, 6) is 0.575. The molecule has 1 fully saturated rings. The molecule has 11 heteroatoms. The maximum Gasteiger partial charge on any atom is 0.319 e. The molecule has 25 heavy (non-hydrogen) atoms. The number of anilines is 1. The zero-order chi connectivity index (χ0) is 18.4. The number of carbonyl (C=O) groups is 1. The number of hydrogen-bond acceptors (Lipinski definition) is 7. The maximum absolute atomic E-state index is 12.0. The van der Waals surface area contributed by atoms with Crippen molar-refractivity contribution in [3.05, 3.63) is 12.1 Å². The molecule has 2 heterocycles. The van der Waals surface area contributed by atoms with Gasteiger partial charge in [-0.3, -0.25) is 0 Å². The van der Waals surface area contributed by atoms with Crippen LogP contribution in [0.25, 0.3) is 0 Å². The number of urea groups is 1. The van der Waals surface area contributed by atoms with Crippen LogP contribution in [0.4, 0.5) is 10.5 Å². The summed E-state index contributed by atoms with van der Waals surface area (Å²) in [5.41, 5.74) is 0.378. The summed E-state index contributed by atoms with van der Waals surface area (Å²) in [5, 5.41) is 5.25. The molecule has 0 bridgehead atoms. The number of amides is 2. The molecule has 140 valence electrons. The molecule has 1 aliphatic heterocycles. The zero-order valence-corrected chi connectivity index (χ0v) is 15.1. The minimum atomic E-state index is -3.27. The Morgan fingerprint density at radius 3 is 2.80 bits per heavy atom. The maximum atomic E-state index is 12.0. The Balaban J connectivity index is 1.89. The first kappa shape index (κ1) is 19.2. The SMILES string of the molecule is COc1ccc(NC(=O)NCC2CN(S(C)(=O)=O)CCO2)c(OC)n1. The smallest absolute Gasteiger partial charge is 0.319 e. The highest BCUT2D eigenvalue weighted by Crippen LogP contribution is 2.24. The number of aromatic nitrogens is 1. The Bertz CT molecular complexity index is 711. The Hall–Kier alpha value is -2.11. The number of ether oxygens (including phenoxy) is 3. The fourth-order valence-electron chi connectivity index (χ4n) is 2.28. The van der Waals surface area contributed by atoms with Gasteiger partial charge in [0.1, 0.15) is 5.69 Å². The zero-order valence-electron chi connectivity index (χ0n) is 14.3. The molecule has 10 nitrogen and oxygen atoms in total. The number of nitrogens with zero attached hydrogens (tertiary/aromatic N) is 2. The normalized spacial score (nSPS) is 18.4. The van der Waals surface area contributed by atoms with Crippen LogP contribution in [0.5, 0.6) is 11.8 Å². The Morgan fingerprint density at radius 2 is 2.16 bits per heavy atom. The first-order valence-electron chi connectivity index (χ1n) is 7.54. The molecule has 2 rings (SSSR count). The van der Waals surface area contributed by atoms with Crippen molar-refractivity contribution in [1.82, 2.24) is 14.6 Å². The van der Waals surface area contributed by atoms with E-state index in [0.717, 1.165) is 6.26 Å². The molecule has 2 N–H and O–H groups in total. The second-order valence-corrected chi connectivity index (χ2v) is 7.34. The van der Waals surface area contributed by atoms with Gasteiger partial charge in [0.2, 0.25) is 21.8 Å². The largest absolute Gasteiger partial charge is 0.481 e. The molecule has 1 saturated heterocycles. The van der Waals surface area contributed by atoms with E-state index in [-0.39, 0.29) is 25.6 Å². The van der Waals surface area contributed by atoms with E-state index < -0.39 is 22.2 Å². The number of sulfonamides is 1. The van der Waals surface area contributed by atoms with Crippen molar-refractivity contribution in [2.24, 2.45) is 0 Å². The van der Waals surface area contributed by atoms with Crippen LogP contribution in [0.2, 0.25) is 0 Å². The first-order valence-corrected chi connectivity index (χ1v) is 9.39. The van der Waals surface area contributed by atoms with Gasteiger partial charge in [0.05, 0.1) is 33.2 Å². The third kappa shape index (κ3) is 5.44. The van der Waals surface area contributed by atoms with E-state index >= 15 is 0 Å². The van der Waals surface area contributed by atoms with Gasteiger partial charge in [0, 0.05) is 25.7 Å². The lowest BCUT2D eigenvalue weighted by Gasteiger charge is -2.31. The molecule has 1 aromatic rings. The second kappa shape index (κ2) is 8.32. The van der Waals surface area contributed by atoms with Crippen molar-refractivity contribution >= 4 is 21.7 Å². The molecule has 1 unspecified atom stereocenters. The average molecular weight is 374 g/mol. The summed E-state index contributed by atoms with van der Waals surface area (Å²) in [6.45, 7) is 0.976. The van der Waals surface area contributed by atoms with Crippen molar-refractivity contribution in [2.45, 2.75) is 6.10 Å². The monoisotopic (exact) mass is 374 g/mol. The lowest BCUT2D eigenvalue weighted by Crippen LogP contribution is -2.49. The summed E-state index contributed by atoms with van der Waals surface area (Å²) in [7, 11) is -0.364. The van der Waals surface area contributed by atoms with E-state index in [0.29, 0.717) is 18.1 Å².